The summed E-state index contributed by atoms with van der Waals surface area (Å²) in [5, 5.41) is 18.1. The number of nitrogens with one attached hydrogen (secondary N) is 2. The number of amides is 2. The molecule has 1 fully saturated rings. The minimum Gasteiger partial charge on any atom is -0.394 e. The third-order valence-electron chi connectivity index (χ3n) is 3.56. The van der Waals surface area contributed by atoms with E-state index in [9.17, 15) is 9.90 Å². The zero-order valence-corrected chi connectivity index (χ0v) is 12.4. The van der Waals surface area contributed by atoms with Gasteiger partial charge in [-0.2, -0.15) is 0 Å². The molecule has 0 aromatic carbocycles. The van der Waals surface area contributed by atoms with E-state index in [4.69, 9.17) is 0 Å². The molecule has 5 nitrogen and oxygen atoms in total. The van der Waals surface area contributed by atoms with Crippen LogP contribution < -0.4 is 10.6 Å². The Morgan fingerprint density at radius 1 is 1.68 bits per heavy atom. The van der Waals surface area contributed by atoms with Crippen LogP contribution in [0.25, 0.3) is 0 Å². The van der Waals surface area contributed by atoms with E-state index in [0.29, 0.717) is 5.92 Å². The Hall–Kier alpha value is -1.14. The molecule has 1 aromatic heterocycles. The van der Waals surface area contributed by atoms with E-state index in [2.05, 4.69) is 15.6 Å². The van der Waals surface area contributed by atoms with Gasteiger partial charge in [-0.05, 0) is 39.5 Å². The van der Waals surface area contributed by atoms with Crippen molar-refractivity contribution in [2.45, 2.75) is 45.2 Å². The van der Waals surface area contributed by atoms with Crippen LogP contribution in [0.4, 0.5) is 4.79 Å². The van der Waals surface area contributed by atoms with Gasteiger partial charge in [0.05, 0.1) is 18.2 Å². The molecule has 0 spiro atoms. The summed E-state index contributed by atoms with van der Waals surface area (Å²) in [6, 6.07) is -0.371. The van der Waals surface area contributed by atoms with E-state index in [1.807, 2.05) is 26.2 Å². The lowest BCUT2D eigenvalue weighted by molar-refractivity contribution is 0.154. The Morgan fingerprint density at radius 2 is 2.37 bits per heavy atom. The second kappa shape index (κ2) is 5.46. The Bertz CT molecular complexity index is 458. The third-order valence-corrected chi connectivity index (χ3v) is 4.71. The fraction of sp³-hybridized carbons (Fsp3) is 0.692. The van der Waals surface area contributed by atoms with E-state index in [-0.39, 0.29) is 18.7 Å². The maximum atomic E-state index is 12.0. The maximum absolute atomic E-state index is 12.0. The molecule has 2 unspecified atom stereocenters. The summed E-state index contributed by atoms with van der Waals surface area (Å²) in [7, 11) is 0. The number of aryl methyl sites for hydroxylation is 1. The van der Waals surface area contributed by atoms with Crippen LogP contribution in [0.5, 0.6) is 0 Å². The smallest absolute Gasteiger partial charge is 0.315 e. The maximum Gasteiger partial charge on any atom is 0.315 e. The quantitative estimate of drug-likeness (QED) is 0.773. The number of thiazole rings is 1. The number of carbonyl (C=O) groups excluding carboxylic acids is 1. The summed E-state index contributed by atoms with van der Waals surface area (Å²) in [5.41, 5.74) is 0.454. The molecule has 1 saturated carbocycles. The molecule has 19 heavy (non-hydrogen) atoms. The summed E-state index contributed by atoms with van der Waals surface area (Å²) in [6.07, 6.45) is 2.14. The molecule has 2 rings (SSSR count). The van der Waals surface area contributed by atoms with Gasteiger partial charge in [0.25, 0.3) is 0 Å². The highest BCUT2D eigenvalue weighted by molar-refractivity contribution is 7.09. The summed E-state index contributed by atoms with van der Waals surface area (Å²) >= 11 is 1.54. The van der Waals surface area contributed by atoms with Gasteiger partial charge in [0.1, 0.15) is 5.01 Å². The summed E-state index contributed by atoms with van der Waals surface area (Å²) < 4.78 is 0. The van der Waals surface area contributed by atoms with Crippen LogP contribution in [-0.2, 0) is 0 Å². The first-order valence-electron chi connectivity index (χ1n) is 6.56. The fourth-order valence-corrected chi connectivity index (χ4v) is 2.92. The molecule has 1 aliphatic rings. The van der Waals surface area contributed by atoms with Gasteiger partial charge >= 0.3 is 6.03 Å². The van der Waals surface area contributed by atoms with E-state index >= 15 is 0 Å². The number of urea groups is 1. The minimum absolute atomic E-state index is 0.0319. The first-order chi connectivity index (χ1) is 8.94. The van der Waals surface area contributed by atoms with Gasteiger partial charge < -0.3 is 15.7 Å². The highest BCUT2D eigenvalue weighted by atomic mass is 32.1. The lowest BCUT2D eigenvalue weighted by Crippen LogP contribution is -2.54. The van der Waals surface area contributed by atoms with E-state index in [1.54, 1.807) is 0 Å². The summed E-state index contributed by atoms with van der Waals surface area (Å²) in [4.78, 5) is 16.3. The van der Waals surface area contributed by atoms with Crippen molar-refractivity contribution in [2.24, 2.45) is 5.92 Å². The number of aliphatic hydroxyl groups is 1. The molecule has 1 aromatic rings. The summed E-state index contributed by atoms with van der Waals surface area (Å²) in [5.74, 6) is 0.390. The molecule has 1 aliphatic carbocycles. The van der Waals surface area contributed by atoms with Crippen LogP contribution in [-0.4, -0.2) is 28.3 Å². The third kappa shape index (κ3) is 3.45. The largest absolute Gasteiger partial charge is 0.394 e. The predicted octanol–water partition coefficient (Wildman–Crippen LogP) is 1.97. The van der Waals surface area contributed by atoms with Crippen molar-refractivity contribution >= 4 is 17.4 Å². The molecule has 2 amide bonds. The Balaban J connectivity index is 1.90. The molecule has 1 heterocycles. The SMILES string of the molecule is Cc1csc(C(C)NC(=O)NC(C)(CO)C2CC2)n1. The Labute approximate surface area is 117 Å². The number of hydrogen-bond acceptors (Lipinski definition) is 4. The standard InChI is InChI=1S/C13H21N3O2S/c1-8-6-19-11(14-8)9(2)15-12(18)16-13(3,7-17)10-4-5-10/h6,9-10,17H,4-5,7H2,1-3H3,(H2,15,16,18). The fourth-order valence-electron chi connectivity index (χ4n) is 2.12. The van der Waals surface area contributed by atoms with Crippen LogP contribution >= 0.6 is 11.3 Å². The number of carbonyl (C=O) groups is 1. The van der Waals surface area contributed by atoms with Crippen LogP contribution in [0.15, 0.2) is 5.38 Å². The van der Waals surface area contributed by atoms with Gasteiger partial charge in [-0.3, -0.25) is 0 Å². The van der Waals surface area contributed by atoms with Crippen molar-refractivity contribution in [1.29, 1.82) is 0 Å². The molecule has 0 radical (unpaired) electrons. The van der Waals surface area contributed by atoms with Crippen molar-refractivity contribution in [3.63, 3.8) is 0 Å². The molecular formula is C13H21N3O2S. The van der Waals surface area contributed by atoms with Crippen LogP contribution in [0.3, 0.4) is 0 Å². The number of aromatic nitrogens is 1. The zero-order chi connectivity index (χ0) is 14.0. The Kier molecular flexibility index (Phi) is 4.10. The average molecular weight is 283 g/mol. The number of aliphatic hydroxyl groups excluding tert-OH is 1. The van der Waals surface area contributed by atoms with Gasteiger partial charge in [0.2, 0.25) is 0 Å². The average Bonchev–Trinajstić information content (AvgIpc) is 3.12. The van der Waals surface area contributed by atoms with Crippen LogP contribution in [0, 0.1) is 12.8 Å². The van der Waals surface area contributed by atoms with Gasteiger partial charge in [0.15, 0.2) is 0 Å². The van der Waals surface area contributed by atoms with Gasteiger partial charge in [-0.1, -0.05) is 0 Å². The summed E-state index contributed by atoms with van der Waals surface area (Å²) in [6.45, 7) is 5.70. The van der Waals surface area contributed by atoms with E-state index in [0.717, 1.165) is 23.5 Å². The molecule has 6 heteroatoms. The molecule has 0 bridgehead atoms. The number of nitrogens with zero attached hydrogens (tertiary/aromatic N) is 1. The number of rotatable bonds is 5. The van der Waals surface area contributed by atoms with Crippen molar-refractivity contribution < 1.29 is 9.90 Å². The minimum atomic E-state index is -0.511. The predicted molar refractivity (Wildman–Crippen MR) is 75.1 cm³/mol. The second-order valence-electron chi connectivity index (χ2n) is 5.50. The monoisotopic (exact) mass is 283 g/mol. The van der Waals surface area contributed by atoms with Crippen molar-refractivity contribution in [3.8, 4) is 0 Å². The highest BCUT2D eigenvalue weighted by Gasteiger charge is 2.42. The van der Waals surface area contributed by atoms with Gasteiger partial charge in [-0.25, -0.2) is 9.78 Å². The second-order valence-corrected chi connectivity index (χ2v) is 6.39. The number of hydrogen-bond donors (Lipinski definition) is 3. The van der Waals surface area contributed by atoms with Gasteiger partial charge in [-0.15, -0.1) is 11.3 Å². The molecule has 106 valence electrons. The molecule has 0 saturated heterocycles. The Morgan fingerprint density at radius 3 is 2.84 bits per heavy atom. The highest BCUT2D eigenvalue weighted by Crippen LogP contribution is 2.39. The molecule has 3 N–H and O–H groups in total. The van der Waals surface area contributed by atoms with Crippen LogP contribution in [0.2, 0.25) is 0 Å². The topological polar surface area (TPSA) is 74.2 Å². The molecular weight excluding hydrogens is 262 g/mol. The lowest BCUT2D eigenvalue weighted by atomic mass is 9.97. The van der Waals surface area contributed by atoms with E-state index < -0.39 is 5.54 Å². The van der Waals surface area contributed by atoms with Crippen molar-refractivity contribution in [3.05, 3.63) is 16.1 Å². The molecule has 0 aliphatic heterocycles. The zero-order valence-electron chi connectivity index (χ0n) is 11.6. The first kappa shape index (κ1) is 14.3. The van der Waals surface area contributed by atoms with Gasteiger partial charge in [0, 0.05) is 11.1 Å². The molecule has 2 atom stereocenters. The van der Waals surface area contributed by atoms with Crippen molar-refractivity contribution in [2.75, 3.05) is 6.61 Å². The first-order valence-corrected chi connectivity index (χ1v) is 7.44. The van der Waals surface area contributed by atoms with Crippen LogP contribution in [0.1, 0.15) is 43.4 Å². The van der Waals surface area contributed by atoms with Crippen molar-refractivity contribution in [1.82, 2.24) is 15.6 Å². The lowest BCUT2D eigenvalue weighted by Gasteiger charge is -2.29. The normalized spacial score (nSPS) is 19.6. The van der Waals surface area contributed by atoms with E-state index in [1.165, 1.54) is 11.3 Å².